The molecule has 31 heavy (non-hydrogen) atoms. The molecule has 0 saturated carbocycles. The van der Waals surface area contributed by atoms with Crippen LogP contribution in [0.3, 0.4) is 0 Å². The molecule has 0 amide bonds. The number of methoxy groups -OCH3 is 1. The molecular formula is C20H26F3IN4O3. The lowest BCUT2D eigenvalue weighted by molar-refractivity contribution is -0.154. The Kier molecular flexibility index (Phi) is 11.8. The number of pyridine rings is 1. The summed E-state index contributed by atoms with van der Waals surface area (Å²) in [6.07, 6.45) is -3.06. The summed E-state index contributed by atoms with van der Waals surface area (Å²) in [5.41, 5.74) is 0.452. The molecule has 0 saturated heterocycles. The van der Waals surface area contributed by atoms with E-state index < -0.39 is 12.8 Å². The molecular weight excluding hydrogens is 528 g/mol. The fourth-order valence-corrected chi connectivity index (χ4v) is 2.34. The summed E-state index contributed by atoms with van der Waals surface area (Å²) in [5.74, 6) is 1.87. The molecule has 172 valence electrons. The van der Waals surface area contributed by atoms with Gasteiger partial charge >= 0.3 is 6.18 Å². The van der Waals surface area contributed by atoms with Crippen LogP contribution in [0.5, 0.6) is 17.4 Å². The van der Waals surface area contributed by atoms with Crippen molar-refractivity contribution in [2.45, 2.75) is 19.6 Å². The van der Waals surface area contributed by atoms with Gasteiger partial charge in [0.1, 0.15) is 18.1 Å². The highest BCUT2D eigenvalue weighted by Gasteiger charge is 2.29. The van der Waals surface area contributed by atoms with Crippen molar-refractivity contribution in [1.82, 2.24) is 15.6 Å². The molecule has 1 aromatic heterocycles. The molecule has 2 aromatic rings. The number of nitrogens with zero attached hydrogens (tertiary/aromatic N) is 2. The molecule has 0 unspecified atom stereocenters. The Morgan fingerprint density at radius 3 is 2.42 bits per heavy atom. The minimum absolute atomic E-state index is 0. The van der Waals surface area contributed by atoms with Crippen LogP contribution in [-0.2, 0) is 6.54 Å². The van der Waals surface area contributed by atoms with E-state index in [-0.39, 0.29) is 36.4 Å². The zero-order valence-electron chi connectivity index (χ0n) is 17.2. The molecule has 0 bridgehead atoms. The van der Waals surface area contributed by atoms with Crippen molar-refractivity contribution < 1.29 is 27.4 Å². The molecule has 2 N–H and O–H groups in total. The zero-order chi connectivity index (χ0) is 21.8. The number of ether oxygens (including phenoxy) is 3. The third kappa shape index (κ3) is 10.4. The third-order valence-corrected chi connectivity index (χ3v) is 3.70. The first kappa shape index (κ1) is 26.6. The topological polar surface area (TPSA) is 77.0 Å². The SMILES string of the molecule is CCNC(=NCc1cccnc1OCC(F)(F)F)NCCOc1ccc(OC)cc1.I. The predicted molar refractivity (Wildman–Crippen MR) is 123 cm³/mol. The Bertz CT molecular complexity index is 805. The number of alkyl halides is 3. The van der Waals surface area contributed by atoms with Crippen LogP contribution in [-0.4, -0.2) is 50.5 Å². The summed E-state index contributed by atoms with van der Waals surface area (Å²) in [6.45, 7) is 2.10. The van der Waals surface area contributed by atoms with E-state index in [1.807, 2.05) is 19.1 Å². The minimum Gasteiger partial charge on any atom is -0.497 e. The lowest BCUT2D eigenvalue weighted by Crippen LogP contribution is -2.39. The van der Waals surface area contributed by atoms with E-state index in [1.54, 1.807) is 31.4 Å². The van der Waals surface area contributed by atoms with Crippen LogP contribution in [0.2, 0.25) is 0 Å². The number of hydrogen-bond donors (Lipinski definition) is 2. The predicted octanol–water partition coefficient (Wildman–Crippen LogP) is 3.78. The average molecular weight is 554 g/mol. The Morgan fingerprint density at radius 2 is 1.77 bits per heavy atom. The van der Waals surface area contributed by atoms with Gasteiger partial charge in [-0.2, -0.15) is 13.2 Å². The smallest absolute Gasteiger partial charge is 0.422 e. The van der Waals surface area contributed by atoms with E-state index in [1.165, 1.54) is 6.20 Å². The van der Waals surface area contributed by atoms with Gasteiger partial charge in [-0.05, 0) is 37.3 Å². The van der Waals surface area contributed by atoms with Crippen LogP contribution < -0.4 is 24.8 Å². The first-order chi connectivity index (χ1) is 14.4. The van der Waals surface area contributed by atoms with Gasteiger partial charge in [-0.25, -0.2) is 9.98 Å². The maximum Gasteiger partial charge on any atom is 0.422 e. The van der Waals surface area contributed by atoms with Gasteiger partial charge in [0.05, 0.1) is 20.2 Å². The summed E-state index contributed by atoms with van der Waals surface area (Å²) < 4.78 is 52.7. The van der Waals surface area contributed by atoms with Crippen LogP contribution in [0.4, 0.5) is 13.2 Å². The number of benzene rings is 1. The van der Waals surface area contributed by atoms with Gasteiger partial charge in [-0.1, -0.05) is 6.07 Å². The summed E-state index contributed by atoms with van der Waals surface area (Å²) in [7, 11) is 1.60. The highest BCUT2D eigenvalue weighted by molar-refractivity contribution is 14.0. The van der Waals surface area contributed by atoms with Gasteiger partial charge < -0.3 is 24.8 Å². The highest BCUT2D eigenvalue weighted by atomic mass is 127. The molecule has 1 heterocycles. The molecule has 0 aliphatic rings. The molecule has 11 heteroatoms. The van der Waals surface area contributed by atoms with E-state index in [0.717, 1.165) is 5.75 Å². The maximum atomic E-state index is 12.4. The maximum absolute atomic E-state index is 12.4. The number of guanidine groups is 1. The monoisotopic (exact) mass is 554 g/mol. The fraction of sp³-hybridized carbons (Fsp3) is 0.400. The van der Waals surface area contributed by atoms with Crippen molar-refractivity contribution in [3.8, 4) is 17.4 Å². The molecule has 0 atom stereocenters. The second-order valence-corrected chi connectivity index (χ2v) is 6.02. The fourth-order valence-electron chi connectivity index (χ4n) is 2.34. The van der Waals surface area contributed by atoms with E-state index in [4.69, 9.17) is 14.2 Å². The van der Waals surface area contributed by atoms with Crippen molar-refractivity contribution in [3.63, 3.8) is 0 Å². The third-order valence-electron chi connectivity index (χ3n) is 3.70. The Morgan fingerprint density at radius 1 is 1.06 bits per heavy atom. The number of aromatic nitrogens is 1. The molecule has 0 fully saturated rings. The largest absolute Gasteiger partial charge is 0.497 e. The van der Waals surface area contributed by atoms with Crippen LogP contribution >= 0.6 is 24.0 Å². The second-order valence-electron chi connectivity index (χ2n) is 6.02. The van der Waals surface area contributed by atoms with Crippen LogP contribution in [0.25, 0.3) is 0 Å². The highest BCUT2D eigenvalue weighted by Crippen LogP contribution is 2.20. The first-order valence-corrected chi connectivity index (χ1v) is 9.33. The lowest BCUT2D eigenvalue weighted by atomic mass is 10.3. The summed E-state index contributed by atoms with van der Waals surface area (Å²) >= 11 is 0. The van der Waals surface area contributed by atoms with E-state index >= 15 is 0 Å². The number of nitrogens with one attached hydrogen (secondary N) is 2. The molecule has 0 aliphatic heterocycles. The molecule has 7 nitrogen and oxygen atoms in total. The zero-order valence-corrected chi connectivity index (χ0v) is 19.6. The quantitative estimate of drug-likeness (QED) is 0.202. The van der Waals surface area contributed by atoms with Crippen molar-refractivity contribution in [2.75, 3.05) is 33.4 Å². The molecule has 0 aliphatic carbocycles. The van der Waals surface area contributed by atoms with Crippen molar-refractivity contribution in [3.05, 3.63) is 48.2 Å². The normalized spacial score (nSPS) is 11.3. The number of rotatable bonds is 10. The first-order valence-electron chi connectivity index (χ1n) is 9.33. The summed E-state index contributed by atoms with van der Waals surface area (Å²) in [6, 6.07) is 10.5. The van der Waals surface area contributed by atoms with Gasteiger partial charge in [0.25, 0.3) is 0 Å². The summed E-state index contributed by atoms with van der Waals surface area (Å²) in [4.78, 5) is 8.24. The van der Waals surface area contributed by atoms with E-state index in [0.29, 0.717) is 37.0 Å². The van der Waals surface area contributed by atoms with E-state index in [9.17, 15) is 13.2 Å². The van der Waals surface area contributed by atoms with Gasteiger partial charge in [-0.3, -0.25) is 0 Å². The van der Waals surface area contributed by atoms with Crippen LogP contribution in [0, 0.1) is 0 Å². The molecule has 0 spiro atoms. The molecule has 0 radical (unpaired) electrons. The Labute approximate surface area is 196 Å². The van der Waals surface area contributed by atoms with Gasteiger partial charge in [0, 0.05) is 18.3 Å². The molecule has 1 aromatic carbocycles. The van der Waals surface area contributed by atoms with Crippen LogP contribution in [0.1, 0.15) is 12.5 Å². The van der Waals surface area contributed by atoms with Crippen molar-refractivity contribution in [2.24, 2.45) is 4.99 Å². The molecule has 2 rings (SSSR count). The summed E-state index contributed by atoms with van der Waals surface area (Å²) in [5, 5.41) is 6.18. The lowest BCUT2D eigenvalue weighted by Gasteiger charge is -2.13. The van der Waals surface area contributed by atoms with Gasteiger partial charge in [-0.15, -0.1) is 24.0 Å². The average Bonchev–Trinajstić information content (AvgIpc) is 2.74. The second kappa shape index (κ2) is 13.8. The van der Waals surface area contributed by atoms with Crippen molar-refractivity contribution in [1.29, 1.82) is 0 Å². The number of halogens is 4. The van der Waals surface area contributed by atoms with E-state index in [2.05, 4.69) is 20.6 Å². The Balaban J connectivity index is 0.00000480. The van der Waals surface area contributed by atoms with Gasteiger partial charge in [0.2, 0.25) is 5.88 Å². The van der Waals surface area contributed by atoms with Gasteiger partial charge in [0.15, 0.2) is 12.6 Å². The number of aliphatic imine (C=N–C) groups is 1. The standard InChI is InChI=1S/C20H25F3N4O3.HI/c1-3-24-19(26-11-12-29-17-8-6-16(28-2)7-9-17)27-13-15-5-4-10-25-18(15)30-14-20(21,22)23;/h4-10H,3,11-14H2,1-2H3,(H2,24,26,27);1H. The Hall–Kier alpha value is -2.44. The minimum atomic E-state index is -4.43. The van der Waals surface area contributed by atoms with Crippen molar-refractivity contribution >= 4 is 29.9 Å². The number of hydrogen-bond acceptors (Lipinski definition) is 5. The van der Waals surface area contributed by atoms with Crippen LogP contribution in [0.15, 0.2) is 47.6 Å².